The first-order chi connectivity index (χ1) is 9.21. The Morgan fingerprint density at radius 3 is 2.20 bits per heavy atom. The molecule has 20 heavy (non-hydrogen) atoms. The molecule has 108 valence electrons. The van der Waals surface area contributed by atoms with Crippen LogP contribution in [-0.2, 0) is 9.31 Å². The summed E-state index contributed by atoms with van der Waals surface area (Å²) < 4.78 is 27.0. The maximum atomic E-state index is 14.3. The fraction of sp³-hybridized carbons (Fsp3) is 0.600. The summed E-state index contributed by atoms with van der Waals surface area (Å²) in [5, 5.41) is 0. The van der Waals surface area contributed by atoms with E-state index in [4.69, 9.17) is 9.31 Å². The summed E-state index contributed by atoms with van der Waals surface area (Å²) in [6.45, 7) is 7.91. The van der Waals surface area contributed by atoms with Crippen molar-refractivity contribution in [2.24, 2.45) is 0 Å². The van der Waals surface area contributed by atoms with E-state index in [1.807, 2.05) is 33.8 Å². The van der Waals surface area contributed by atoms with Crippen LogP contribution < -0.4 is 5.46 Å². The third-order valence-corrected chi connectivity index (χ3v) is 5.33. The van der Waals surface area contributed by atoms with Crippen molar-refractivity contribution >= 4 is 28.5 Å². The molecule has 2 nitrogen and oxygen atoms in total. The quantitative estimate of drug-likeness (QED) is 0.763. The lowest BCUT2D eigenvalue weighted by Crippen LogP contribution is -2.41. The minimum Gasteiger partial charge on any atom is -0.399 e. The highest BCUT2D eigenvalue weighted by Crippen LogP contribution is 2.43. The summed E-state index contributed by atoms with van der Waals surface area (Å²) in [7, 11) is -0.634. The maximum absolute atomic E-state index is 14.3. The molecule has 1 heterocycles. The molecular weight excluding hydrogens is 322 g/mol. The van der Waals surface area contributed by atoms with E-state index in [1.165, 1.54) is 18.9 Å². The maximum Gasteiger partial charge on any atom is 0.497 e. The van der Waals surface area contributed by atoms with Crippen molar-refractivity contribution in [1.29, 1.82) is 0 Å². The van der Waals surface area contributed by atoms with E-state index in [9.17, 15) is 4.39 Å². The third-order valence-electron chi connectivity index (χ3n) is 4.64. The Kier molecular flexibility index (Phi) is 3.31. The van der Waals surface area contributed by atoms with Crippen LogP contribution in [0.15, 0.2) is 16.6 Å². The van der Waals surface area contributed by atoms with Gasteiger partial charge in [0.25, 0.3) is 0 Å². The van der Waals surface area contributed by atoms with Crippen molar-refractivity contribution in [3.05, 3.63) is 28.0 Å². The van der Waals surface area contributed by atoms with Gasteiger partial charge in [0.15, 0.2) is 0 Å². The zero-order valence-electron chi connectivity index (χ0n) is 12.3. The molecule has 1 saturated carbocycles. The zero-order valence-corrected chi connectivity index (χ0v) is 13.9. The van der Waals surface area contributed by atoms with E-state index in [0.29, 0.717) is 11.4 Å². The Morgan fingerprint density at radius 1 is 1.15 bits per heavy atom. The largest absolute Gasteiger partial charge is 0.497 e. The van der Waals surface area contributed by atoms with Crippen molar-refractivity contribution in [2.75, 3.05) is 0 Å². The van der Waals surface area contributed by atoms with Crippen LogP contribution in [0.3, 0.4) is 0 Å². The molecule has 0 unspecified atom stereocenters. The number of halogens is 2. The third kappa shape index (κ3) is 2.34. The van der Waals surface area contributed by atoms with Crippen LogP contribution in [0.5, 0.6) is 0 Å². The summed E-state index contributed by atoms with van der Waals surface area (Å²) >= 11 is 3.45. The summed E-state index contributed by atoms with van der Waals surface area (Å²) in [5.41, 5.74) is 0.776. The molecule has 5 heteroatoms. The van der Waals surface area contributed by atoms with Gasteiger partial charge in [0, 0.05) is 9.94 Å². The molecule has 1 aliphatic carbocycles. The molecule has 1 saturated heterocycles. The Bertz CT molecular complexity index is 539. The fourth-order valence-electron chi connectivity index (χ4n) is 2.44. The molecule has 2 aliphatic rings. The van der Waals surface area contributed by atoms with Crippen LogP contribution in [-0.4, -0.2) is 18.3 Å². The molecule has 0 aromatic heterocycles. The molecule has 0 N–H and O–H groups in total. The Morgan fingerprint density at radius 2 is 1.70 bits per heavy atom. The van der Waals surface area contributed by atoms with Crippen LogP contribution >= 0.6 is 15.9 Å². The Hall–Kier alpha value is -0.385. The second-order valence-electron chi connectivity index (χ2n) is 6.76. The first kappa shape index (κ1) is 14.5. The second-order valence-corrected chi connectivity index (χ2v) is 7.61. The van der Waals surface area contributed by atoms with E-state index < -0.39 is 18.3 Å². The molecule has 1 aromatic rings. The predicted molar refractivity (Wildman–Crippen MR) is 81.8 cm³/mol. The van der Waals surface area contributed by atoms with Crippen molar-refractivity contribution in [2.45, 2.75) is 57.7 Å². The lowest BCUT2D eigenvalue weighted by Gasteiger charge is -2.32. The molecule has 0 spiro atoms. The summed E-state index contributed by atoms with van der Waals surface area (Å²) in [6.07, 6.45) is 2.35. The minimum atomic E-state index is -0.634. The van der Waals surface area contributed by atoms with Crippen LogP contribution in [0.2, 0.25) is 0 Å². The van der Waals surface area contributed by atoms with Gasteiger partial charge in [-0.3, -0.25) is 0 Å². The molecule has 0 amide bonds. The molecule has 0 atom stereocenters. The van der Waals surface area contributed by atoms with E-state index in [0.717, 1.165) is 10.0 Å². The predicted octanol–water partition coefficient (Wildman–Crippen LogP) is 3.76. The number of hydrogen-bond donors (Lipinski definition) is 0. The summed E-state index contributed by atoms with van der Waals surface area (Å²) in [4.78, 5) is 0. The normalized spacial score (nSPS) is 24.2. The van der Waals surface area contributed by atoms with Gasteiger partial charge in [0.1, 0.15) is 5.82 Å². The topological polar surface area (TPSA) is 18.5 Å². The lowest BCUT2D eigenvalue weighted by molar-refractivity contribution is 0.00578. The van der Waals surface area contributed by atoms with Crippen molar-refractivity contribution < 1.29 is 13.7 Å². The average molecular weight is 341 g/mol. The molecule has 1 aliphatic heterocycles. The van der Waals surface area contributed by atoms with Gasteiger partial charge in [0.05, 0.1) is 11.2 Å². The van der Waals surface area contributed by atoms with E-state index >= 15 is 0 Å². The van der Waals surface area contributed by atoms with Gasteiger partial charge in [-0.15, -0.1) is 0 Å². The van der Waals surface area contributed by atoms with Gasteiger partial charge in [0.2, 0.25) is 0 Å². The number of rotatable bonds is 2. The fourth-order valence-corrected chi connectivity index (χ4v) is 3.08. The molecular formula is C15H19BBrFO2. The molecule has 2 fully saturated rings. The SMILES string of the molecule is CC1(C)OB(c2cc(C3CC3)c(Br)cc2F)OC1(C)C. The van der Waals surface area contributed by atoms with Crippen LogP contribution in [0.1, 0.15) is 52.0 Å². The van der Waals surface area contributed by atoms with E-state index in [-0.39, 0.29) is 5.82 Å². The van der Waals surface area contributed by atoms with E-state index in [2.05, 4.69) is 15.9 Å². The molecule has 0 radical (unpaired) electrons. The van der Waals surface area contributed by atoms with Crippen LogP contribution in [0, 0.1) is 5.82 Å². The number of benzene rings is 1. The van der Waals surface area contributed by atoms with Gasteiger partial charge in [-0.2, -0.15) is 0 Å². The highest BCUT2D eigenvalue weighted by molar-refractivity contribution is 9.10. The van der Waals surface area contributed by atoms with Crippen molar-refractivity contribution in [3.8, 4) is 0 Å². The van der Waals surface area contributed by atoms with Gasteiger partial charge < -0.3 is 9.31 Å². The van der Waals surface area contributed by atoms with Gasteiger partial charge in [-0.05, 0) is 58.1 Å². The Labute approximate surface area is 128 Å². The van der Waals surface area contributed by atoms with Crippen molar-refractivity contribution in [1.82, 2.24) is 0 Å². The second kappa shape index (κ2) is 4.55. The monoisotopic (exact) mass is 340 g/mol. The zero-order chi connectivity index (χ0) is 14.7. The van der Waals surface area contributed by atoms with Crippen molar-refractivity contribution in [3.63, 3.8) is 0 Å². The highest BCUT2D eigenvalue weighted by atomic mass is 79.9. The molecule has 3 rings (SSSR count). The Balaban J connectivity index is 1.97. The minimum absolute atomic E-state index is 0.278. The first-order valence-electron chi connectivity index (χ1n) is 7.06. The summed E-state index contributed by atoms with van der Waals surface area (Å²) in [5.74, 6) is 0.269. The van der Waals surface area contributed by atoms with Gasteiger partial charge >= 0.3 is 7.12 Å². The smallest absolute Gasteiger partial charge is 0.399 e. The van der Waals surface area contributed by atoms with Crippen LogP contribution in [0.4, 0.5) is 4.39 Å². The highest BCUT2D eigenvalue weighted by Gasteiger charge is 2.52. The average Bonchev–Trinajstić information content (AvgIpc) is 3.07. The molecule has 1 aromatic carbocycles. The summed E-state index contributed by atoms with van der Waals surface area (Å²) in [6, 6.07) is 3.44. The first-order valence-corrected chi connectivity index (χ1v) is 7.85. The standard InChI is InChI=1S/C15H19BBrFO2/c1-14(2)15(3,4)20-16(19-14)11-7-10(9-5-6-9)12(17)8-13(11)18/h7-9H,5-6H2,1-4H3. The molecule has 0 bridgehead atoms. The van der Waals surface area contributed by atoms with Gasteiger partial charge in [-0.1, -0.05) is 22.0 Å². The van der Waals surface area contributed by atoms with E-state index in [1.54, 1.807) is 0 Å². The lowest BCUT2D eigenvalue weighted by atomic mass is 9.77. The van der Waals surface area contributed by atoms with Crippen LogP contribution in [0.25, 0.3) is 0 Å². The van der Waals surface area contributed by atoms with Gasteiger partial charge in [-0.25, -0.2) is 4.39 Å². The number of hydrogen-bond acceptors (Lipinski definition) is 2.